The first-order valence-corrected chi connectivity index (χ1v) is 6.26. The summed E-state index contributed by atoms with van der Waals surface area (Å²) in [6.07, 6.45) is 3.34. The van der Waals surface area contributed by atoms with E-state index in [0.717, 1.165) is 24.8 Å². The second-order valence-electron chi connectivity index (χ2n) is 5.27. The Hall–Kier alpha value is -1.42. The molecular formula is C14H19FN2O. The molecule has 0 atom stereocenters. The minimum absolute atomic E-state index is 0.0291. The second-order valence-corrected chi connectivity index (χ2v) is 5.27. The van der Waals surface area contributed by atoms with E-state index in [0.29, 0.717) is 13.0 Å². The number of hydrogen-bond donors (Lipinski definition) is 1. The summed E-state index contributed by atoms with van der Waals surface area (Å²) in [6, 6.07) is 6.31. The number of hydrogen-bond acceptors (Lipinski definition) is 2. The molecule has 3 nitrogen and oxygen atoms in total. The van der Waals surface area contributed by atoms with Gasteiger partial charge in [-0.2, -0.15) is 0 Å². The van der Waals surface area contributed by atoms with Gasteiger partial charge in [-0.3, -0.25) is 4.79 Å². The molecule has 0 unspecified atom stereocenters. The van der Waals surface area contributed by atoms with Gasteiger partial charge in [0.25, 0.3) is 0 Å². The molecule has 1 saturated carbocycles. The van der Waals surface area contributed by atoms with E-state index in [1.54, 1.807) is 18.0 Å². The minimum Gasteiger partial charge on any atom is -0.341 e. The number of rotatable bonds is 4. The van der Waals surface area contributed by atoms with Gasteiger partial charge in [0.05, 0.1) is 0 Å². The van der Waals surface area contributed by atoms with Crippen LogP contribution < -0.4 is 5.73 Å². The molecule has 0 radical (unpaired) electrons. The van der Waals surface area contributed by atoms with Crippen LogP contribution in [-0.2, 0) is 11.3 Å². The van der Waals surface area contributed by atoms with E-state index in [4.69, 9.17) is 5.73 Å². The molecule has 1 aromatic carbocycles. The molecule has 2 rings (SSSR count). The van der Waals surface area contributed by atoms with Gasteiger partial charge in [-0.05, 0) is 37.0 Å². The van der Waals surface area contributed by atoms with Crippen LogP contribution in [0.2, 0.25) is 0 Å². The lowest BCUT2D eigenvalue weighted by Gasteiger charge is -2.38. The second kappa shape index (κ2) is 5.06. The molecule has 1 aliphatic rings. The molecule has 4 heteroatoms. The molecule has 0 heterocycles. The third kappa shape index (κ3) is 3.07. The first-order valence-electron chi connectivity index (χ1n) is 6.26. The van der Waals surface area contributed by atoms with E-state index in [2.05, 4.69) is 0 Å². The van der Waals surface area contributed by atoms with Crippen molar-refractivity contribution in [3.63, 3.8) is 0 Å². The molecule has 1 amide bonds. The fourth-order valence-electron chi connectivity index (χ4n) is 2.24. The highest BCUT2D eigenvalue weighted by atomic mass is 19.1. The van der Waals surface area contributed by atoms with E-state index >= 15 is 0 Å². The van der Waals surface area contributed by atoms with Crippen molar-refractivity contribution in [3.8, 4) is 0 Å². The van der Waals surface area contributed by atoms with Crippen LogP contribution in [0.15, 0.2) is 24.3 Å². The van der Waals surface area contributed by atoms with E-state index < -0.39 is 0 Å². The Balaban J connectivity index is 1.91. The first-order chi connectivity index (χ1) is 8.48. The van der Waals surface area contributed by atoms with Gasteiger partial charge in [-0.15, -0.1) is 0 Å². The number of amides is 1. The van der Waals surface area contributed by atoms with Gasteiger partial charge in [0.1, 0.15) is 5.82 Å². The number of carbonyl (C=O) groups is 1. The summed E-state index contributed by atoms with van der Waals surface area (Å²) >= 11 is 0. The highest BCUT2D eigenvalue weighted by molar-refractivity contribution is 5.77. The SMILES string of the molecule is CN(Cc1cccc(F)c1)C(=O)CC1(N)CCC1. The largest absolute Gasteiger partial charge is 0.341 e. The minimum atomic E-state index is -0.298. The first kappa shape index (κ1) is 13.0. The van der Waals surface area contributed by atoms with Gasteiger partial charge in [-0.1, -0.05) is 12.1 Å². The summed E-state index contributed by atoms with van der Waals surface area (Å²) in [6.45, 7) is 0.423. The zero-order valence-corrected chi connectivity index (χ0v) is 10.7. The molecule has 0 aromatic heterocycles. The molecule has 0 saturated heterocycles. The number of halogens is 1. The monoisotopic (exact) mass is 250 g/mol. The fraction of sp³-hybridized carbons (Fsp3) is 0.500. The van der Waals surface area contributed by atoms with Gasteiger partial charge >= 0.3 is 0 Å². The molecule has 0 aliphatic heterocycles. The van der Waals surface area contributed by atoms with Crippen molar-refractivity contribution in [1.29, 1.82) is 0 Å². The van der Waals surface area contributed by atoms with Crippen LogP contribution in [0, 0.1) is 5.82 Å². The van der Waals surface area contributed by atoms with Crippen LogP contribution in [0.3, 0.4) is 0 Å². The van der Waals surface area contributed by atoms with Crippen molar-refractivity contribution in [2.45, 2.75) is 37.8 Å². The van der Waals surface area contributed by atoms with Gasteiger partial charge in [-0.25, -0.2) is 4.39 Å². The standard InChI is InChI=1S/C14H19FN2O/c1-17(10-11-4-2-5-12(15)8-11)13(18)9-14(16)6-3-7-14/h2,4-5,8H,3,6-7,9-10,16H2,1H3. The van der Waals surface area contributed by atoms with Gasteiger partial charge in [0.2, 0.25) is 5.91 Å². The Kier molecular flexibility index (Phi) is 3.66. The Morgan fingerprint density at radius 1 is 1.50 bits per heavy atom. The Morgan fingerprint density at radius 3 is 2.78 bits per heavy atom. The Labute approximate surface area is 107 Å². The van der Waals surface area contributed by atoms with Crippen LogP contribution in [-0.4, -0.2) is 23.4 Å². The lowest BCUT2D eigenvalue weighted by Crippen LogP contribution is -2.50. The van der Waals surface area contributed by atoms with E-state index in [1.807, 2.05) is 6.07 Å². The van der Waals surface area contributed by atoms with Crippen molar-refractivity contribution < 1.29 is 9.18 Å². The summed E-state index contributed by atoms with van der Waals surface area (Å²) in [4.78, 5) is 13.6. The average Bonchev–Trinajstić information content (AvgIpc) is 2.26. The fourth-order valence-corrected chi connectivity index (χ4v) is 2.24. The van der Waals surface area contributed by atoms with Crippen LogP contribution in [0.4, 0.5) is 4.39 Å². The predicted octanol–water partition coefficient (Wildman–Crippen LogP) is 2.06. The molecule has 2 N–H and O–H groups in total. The van der Waals surface area contributed by atoms with Crippen molar-refractivity contribution in [2.24, 2.45) is 5.73 Å². The topological polar surface area (TPSA) is 46.3 Å². The van der Waals surface area contributed by atoms with Crippen molar-refractivity contribution in [1.82, 2.24) is 4.90 Å². The summed E-state index contributed by atoms with van der Waals surface area (Å²) in [5, 5.41) is 0. The van der Waals surface area contributed by atoms with Crippen molar-refractivity contribution >= 4 is 5.91 Å². The predicted molar refractivity (Wildman–Crippen MR) is 68.3 cm³/mol. The summed E-state index contributed by atoms with van der Waals surface area (Å²) in [5.41, 5.74) is 6.55. The summed E-state index contributed by atoms with van der Waals surface area (Å²) < 4.78 is 13.0. The van der Waals surface area contributed by atoms with E-state index in [9.17, 15) is 9.18 Å². The normalized spacial score (nSPS) is 17.1. The van der Waals surface area contributed by atoms with Crippen molar-refractivity contribution in [2.75, 3.05) is 7.05 Å². The number of carbonyl (C=O) groups excluding carboxylic acids is 1. The molecule has 1 aliphatic carbocycles. The maximum absolute atomic E-state index is 13.0. The van der Waals surface area contributed by atoms with Gasteiger partial charge in [0, 0.05) is 25.6 Å². The molecule has 98 valence electrons. The third-order valence-corrected chi connectivity index (χ3v) is 3.59. The van der Waals surface area contributed by atoms with Crippen LogP contribution in [0.5, 0.6) is 0 Å². The Bertz CT molecular complexity index is 443. The van der Waals surface area contributed by atoms with E-state index in [1.165, 1.54) is 12.1 Å². The number of nitrogens with zero attached hydrogens (tertiary/aromatic N) is 1. The lowest BCUT2D eigenvalue weighted by molar-refractivity contribution is -0.132. The molecule has 0 spiro atoms. The molecule has 0 bridgehead atoms. The molecule has 18 heavy (non-hydrogen) atoms. The maximum Gasteiger partial charge on any atom is 0.224 e. The Morgan fingerprint density at radius 2 is 2.22 bits per heavy atom. The average molecular weight is 250 g/mol. The third-order valence-electron chi connectivity index (χ3n) is 3.59. The zero-order chi connectivity index (χ0) is 13.2. The maximum atomic E-state index is 13.0. The molecular weight excluding hydrogens is 231 g/mol. The van der Waals surface area contributed by atoms with Gasteiger partial charge < -0.3 is 10.6 Å². The smallest absolute Gasteiger partial charge is 0.224 e. The quantitative estimate of drug-likeness (QED) is 0.889. The van der Waals surface area contributed by atoms with Gasteiger partial charge in [0.15, 0.2) is 0 Å². The van der Waals surface area contributed by atoms with Crippen LogP contribution in [0.1, 0.15) is 31.2 Å². The molecule has 1 aromatic rings. The number of nitrogens with two attached hydrogens (primary N) is 1. The van der Waals surface area contributed by atoms with E-state index in [-0.39, 0.29) is 17.3 Å². The number of benzene rings is 1. The molecule has 1 fully saturated rings. The van der Waals surface area contributed by atoms with Crippen molar-refractivity contribution in [3.05, 3.63) is 35.6 Å². The van der Waals surface area contributed by atoms with Crippen LogP contribution in [0.25, 0.3) is 0 Å². The lowest BCUT2D eigenvalue weighted by atomic mass is 9.75. The van der Waals surface area contributed by atoms with Crippen LogP contribution >= 0.6 is 0 Å². The zero-order valence-electron chi connectivity index (χ0n) is 10.7. The highest BCUT2D eigenvalue weighted by Gasteiger charge is 2.35. The highest BCUT2D eigenvalue weighted by Crippen LogP contribution is 2.32. The summed E-state index contributed by atoms with van der Waals surface area (Å²) in [7, 11) is 1.73. The summed E-state index contributed by atoms with van der Waals surface area (Å²) in [5.74, 6) is -0.246.